The largest absolute Gasteiger partial charge is 0.398 e. The van der Waals surface area contributed by atoms with E-state index in [1.54, 1.807) is 6.20 Å². The van der Waals surface area contributed by atoms with Crippen LogP contribution in [0.25, 0.3) is 0 Å². The quantitative estimate of drug-likeness (QED) is 0.502. The van der Waals surface area contributed by atoms with Crippen molar-refractivity contribution in [2.24, 2.45) is 0 Å². The molecule has 0 fully saturated rings. The van der Waals surface area contributed by atoms with Gasteiger partial charge in [-0.1, -0.05) is 6.07 Å². The molecule has 0 aliphatic rings. The molecule has 0 saturated carbocycles. The van der Waals surface area contributed by atoms with E-state index in [-0.39, 0.29) is 5.91 Å². The fraction of sp³-hybridized carbons (Fsp3) is 0.214. The Morgan fingerprint density at radius 1 is 1.40 bits per heavy atom. The molecule has 5 nitrogen and oxygen atoms in total. The molecule has 0 saturated heterocycles. The summed E-state index contributed by atoms with van der Waals surface area (Å²) in [6, 6.07) is 7.31. The Morgan fingerprint density at radius 2 is 2.25 bits per heavy atom. The topological polar surface area (TPSA) is 80.9 Å². The van der Waals surface area contributed by atoms with Gasteiger partial charge in [-0.15, -0.1) is 11.8 Å². The van der Waals surface area contributed by atoms with Crippen LogP contribution in [0.2, 0.25) is 0 Å². The highest BCUT2D eigenvalue weighted by Crippen LogP contribution is 2.21. The van der Waals surface area contributed by atoms with Gasteiger partial charge in [0.25, 0.3) is 0 Å². The van der Waals surface area contributed by atoms with Crippen molar-refractivity contribution < 1.29 is 4.79 Å². The maximum absolute atomic E-state index is 11.9. The summed E-state index contributed by atoms with van der Waals surface area (Å²) in [5.74, 6) is 0.643. The predicted octanol–water partition coefficient (Wildman–Crippen LogP) is 2.49. The van der Waals surface area contributed by atoms with Crippen LogP contribution in [0.4, 0.5) is 11.4 Å². The van der Waals surface area contributed by atoms with Gasteiger partial charge in [0.15, 0.2) is 0 Å². The molecule has 0 aliphatic heterocycles. The molecule has 0 aliphatic carbocycles. The number of carbonyl (C=O) groups excluding carboxylic acids is 1. The molecule has 2 rings (SSSR count). The Labute approximate surface area is 122 Å². The minimum Gasteiger partial charge on any atom is -0.398 e. The molecular weight excluding hydrogens is 272 g/mol. The molecule has 0 bridgehead atoms. The summed E-state index contributed by atoms with van der Waals surface area (Å²) in [7, 11) is 0. The minimum atomic E-state index is -0.0275. The normalized spacial score (nSPS) is 10.2. The summed E-state index contributed by atoms with van der Waals surface area (Å²) in [5.41, 5.74) is 8.14. The van der Waals surface area contributed by atoms with Crippen molar-refractivity contribution in [3.05, 3.63) is 42.4 Å². The van der Waals surface area contributed by atoms with Crippen LogP contribution in [-0.4, -0.2) is 21.6 Å². The number of aromatic nitrogens is 2. The van der Waals surface area contributed by atoms with Crippen molar-refractivity contribution in [2.45, 2.75) is 18.4 Å². The lowest BCUT2D eigenvalue weighted by Crippen LogP contribution is -2.13. The van der Waals surface area contributed by atoms with Gasteiger partial charge in [-0.3, -0.25) is 4.79 Å². The van der Waals surface area contributed by atoms with Crippen LogP contribution in [0.1, 0.15) is 12.0 Å². The van der Waals surface area contributed by atoms with E-state index < -0.39 is 0 Å². The first-order valence-corrected chi connectivity index (χ1v) is 7.19. The minimum absolute atomic E-state index is 0.0275. The van der Waals surface area contributed by atoms with Gasteiger partial charge in [0.2, 0.25) is 5.91 Å². The van der Waals surface area contributed by atoms with Crippen LogP contribution in [-0.2, 0) is 4.79 Å². The first-order valence-electron chi connectivity index (χ1n) is 6.20. The number of amides is 1. The van der Waals surface area contributed by atoms with Crippen molar-refractivity contribution >= 4 is 29.0 Å². The summed E-state index contributed by atoms with van der Waals surface area (Å²) in [4.78, 5) is 19.8. The van der Waals surface area contributed by atoms with E-state index in [0.29, 0.717) is 17.9 Å². The summed E-state index contributed by atoms with van der Waals surface area (Å²) < 4.78 is 0. The SMILES string of the molecule is Cc1c(N)cccc1NC(=O)CCSc1ccncn1. The number of hydrogen-bond acceptors (Lipinski definition) is 5. The lowest BCUT2D eigenvalue weighted by Gasteiger charge is -2.09. The Hall–Kier alpha value is -2.08. The molecule has 0 atom stereocenters. The van der Waals surface area contributed by atoms with Crippen LogP contribution in [0, 0.1) is 6.92 Å². The second-order valence-corrected chi connectivity index (χ2v) is 5.33. The molecule has 1 aromatic carbocycles. The zero-order valence-electron chi connectivity index (χ0n) is 11.2. The number of hydrogen-bond donors (Lipinski definition) is 2. The fourth-order valence-electron chi connectivity index (χ4n) is 1.61. The average molecular weight is 288 g/mol. The van der Waals surface area contributed by atoms with Crippen LogP contribution >= 0.6 is 11.8 Å². The van der Waals surface area contributed by atoms with Crippen molar-refractivity contribution in [3.8, 4) is 0 Å². The highest BCUT2D eigenvalue weighted by molar-refractivity contribution is 7.99. The first kappa shape index (κ1) is 14.3. The lowest BCUT2D eigenvalue weighted by molar-refractivity contribution is -0.115. The van der Waals surface area contributed by atoms with Crippen molar-refractivity contribution in [1.29, 1.82) is 0 Å². The zero-order chi connectivity index (χ0) is 14.4. The Kier molecular flexibility index (Phi) is 4.95. The third-order valence-corrected chi connectivity index (χ3v) is 3.73. The smallest absolute Gasteiger partial charge is 0.225 e. The van der Waals surface area contributed by atoms with Gasteiger partial charge in [-0.05, 0) is 30.7 Å². The number of nitrogens with two attached hydrogens (primary N) is 1. The summed E-state index contributed by atoms with van der Waals surface area (Å²) in [5, 5.41) is 3.74. The highest BCUT2D eigenvalue weighted by atomic mass is 32.2. The second kappa shape index (κ2) is 6.91. The molecule has 1 heterocycles. The Morgan fingerprint density at radius 3 is 3.00 bits per heavy atom. The maximum Gasteiger partial charge on any atom is 0.225 e. The van der Waals surface area contributed by atoms with E-state index >= 15 is 0 Å². The van der Waals surface area contributed by atoms with Gasteiger partial charge in [0.1, 0.15) is 6.33 Å². The summed E-state index contributed by atoms with van der Waals surface area (Å²) in [6.45, 7) is 1.89. The average Bonchev–Trinajstić information content (AvgIpc) is 2.45. The van der Waals surface area contributed by atoms with E-state index in [2.05, 4.69) is 15.3 Å². The molecule has 104 valence electrons. The monoisotopic (exact) mass is 288 g/mol. The number of thioether (sulfide) groups is 1. The molecule has 20 heavy (non-hydrogen) atoms. The number of nitrogens with zero attached hydrogens (tertiary/aromatic N) is 2. The third kappa shape index (κ3) is 3.96. The van der Waals surface area contributed by atoms with Crippen molar-refractivity contribution in [2.75, 3.05) is 16.8 Å². The zero-order valence-corrected chi connectivity index (χ0v) is 12.0. The van der Waals surface area contributed by atoms with Crippen molar-refractivity contribution in [3.63, 3.8) is 0 Å². The highest BCUT2D eigenvalue weighted by Gasteiger charge is 2.06. The number of carbonyl (C=O) groups is 1. The molecule has 3 N–H and O–H groups in total. The molecule has 1 aromatic heterocycles. The van der Waals surface area contributed by atoms with E-state index in [1.807, 2.05) is 31.2 Å². The molecule has 1 amide bonds. The van der Waals surface area contributed by atoms with Gasteiger partial charge in [-0.25, -0.2) is 9.97 Å². The van der Waals surface area contributed by atoms with Crippen LogP contribution in [0.5, 0.6) is 0 Å². The lowest BCUT2D eigenvalue weighted by atomic mass is 10.1. The maximum atomic E-state index is 11.9. The number of nitrogen functional groups attached to an aromatic ring is 1. The number of benzene rings is 1. The molecular formula is C14H16N4OS. The van der Waals surface area contributed by atoms with Crippen LogP contribution < -0.4 is 11.1 Å². The molecule has 0 radical (unpaired) electrons. The first-order chi connectivity index (χ1) is 9.66. The van der Waals surface area contributed by atoms with E-state index in [4.69, 9.17) is 5.73 Å². The predicted molar refractivity (Wildman–Crippen MR) is 81.6 cm³/mol. The van der Waals surface area contributed by atoms with Gasteiger partial charge in [-0.2, -0.15) is 0 Å². The van der Waals surface area contributed by atoms with Gasteiger partial charge < -0.3 is 11.1 Å². The number of nitrogens with one attached hydrogen (secondary N) is 1. The summed E-state index contributed by atoms with van der Waals surface area (Å²) >= 11 is 1.53. The third-order valence-electron chi connectivity index (χ3n) is 2.78. The van der Waals surface area contributed by atoms with Gasteiger partial charge >= 0.3 is 0 Å². The van der Waals surface area contributed by atoms with Crippen LogP contribution in [0.3, 0.4) is 0 Å². The Bertz CT molecular complexity index is 589. The molecule has 0 unspecified atom stereocenters. The van der Waals surface area contributed by atoms with E-state index in [1.165, 1.54) is 18.1 Å². The van der Waals surface area contributed by atoms with Gasteiger partial charge in [0, 0.05) is 29.7 Å². The van der Waals surface area contributed by atoms with E-state index in [0.717, 1.165) is 16.3 Å². The number of anilines is 2. The summed E-state index contributed by atoms with van der Waals surface area (Å²) in [6.07, 6.45) is 3.60. The Balaban J connectivity index is 1.82. The number of rotatable bonds is 5. The van der Waals surface area contributed by atoms with Crippen molar-refractivity contribution in [1.82, 2.24) is 9.97 Å². The molecule has 6 heteroatoms. The molecule has 2 aromatic rings. The fourth-order valence-corrected chi connectivity index (χ4v) is 2.39. The van der Waals surface area contributed by atoms with E-state index in [9.17, 15) is 4.79 Å². The second-order valence-electron chi connectivity index (χ2n) is 4.21. The molecule has 0 spiro atoms. The van der Waals surface area contributed by atoms with Gasteiger partial charge in [0.05, 0.1) is 5.03 Å². The standard InChI is InChI=1S/C14H16N4OS/c1-10-11(15)3-2-4-12(10)18-13(19)6-8-20-14-5-7-16-9-17-14/h2-5,7,9H,6,8,15H2,1H3,(H,18,19). The van der Waals surface area contributed by atoms with Crippen LogP contribution in [0.15, 0.2) is 41.8 Å².